The van der Waals surface area contributed by atoms with E-state index in [0.29, 0.717) is 17.4 Å². The number of anilines is 1. The topological polar surface area (TPSA) is 112 Å². The van der Waals surface area contributed by atoms with E-state index in [0.717, 1.165) is 23.6 Å². The number of alkyl halides is 3. The minimum atomic E-state index is -4.71. The summed E-state index contributed by atoms with van der Waals surface area (Å²) in [6.07, 6.45) is -2.30. The molecule has 13 heteroatoms. The van der Waals surface area contributed by atoms with E-state index in [1.807, 2.05) is 0 Å². The molecule has 9 nitrogen and oxygen atoms in total. The minimum absolute atomic E-state index is 0.00254. The minimum Gasteiger partial charge on any atom is -0.462 e. The van der Waals surface area contributed by atoms with Crippen LogP contribution in [0.15, 0.2) is 12.3 Å². The summed E-state index contributed by atoms with van der Waals surface area (Å²) in [6, 6.07) is 0.951. The molecule has 3 heterocycles. The first-order valence-corrected chi connectivity index (χ1v) is 11.6. The zero-order chi connectivity index (χ0) is 25.5. The van der Waals surface area contributed by atoms with Crippen LogP contribution in [-0.2, 0) is 15.7 Å². The van der Waals surface area contributed by atoms with Crippen molar-refractivity contribution in [1.82, 2.24) is 14.6 Å². The molecule has 3 aromatic heterocycles. The van der Waals surface area contributed by atoms with E-state index in [-0.39, 0.29) is 57.0 Å². The van der Waals surface area contributed by atoms with Crippen molar-refractivity contribution in [3.8, 4) is 0 Å². The van der Waals surface area contributed by atoms with Crippen LogP contribution in [0, 0.1) is 6.92 Å². The lowest BCUT2D eigenvalue weighted by Crippen LogP contribution is -2.17. The van der Waals surface area contributed by atoms with Crippen molar-refractivity contribution in [1.29, 1.82) is 0 Å². The molecule has 186 valence electrons. The number of hydrogen-bond acceptors (Lipinski definition) is 8. The molecule has 0 atom stereocenters. The predicted octanol–water partition coefficient (Wildman–Crippen LogP) is 4.60. The SMILES string of the molecule is CCOC(=O)c1sc(NC(=O)c2cnn3c(C(F)(F)F)cc(C4CC4)nc23)c(C(=O)OCC)c1C. The molecule has 1 aliphatic carbocycles. The van der Waals surface area contributed by atoms with Gasteiger partial charge >= 0.3 is 18.1 Å². The highest BCUT2D eigenvalue weighted by Gasteiger charge is 2.38. The molecule has 0 spiro atoms. The third kappa shape index (κ3) is 4.72. The number of halogens is 3. The first-order valence-electron chi connectivity index (χ1n) is 10.8. The molecule has 0 saturated heterocycles. The van der Waals surface area contributed by atoms with Crippen LogP contribution < -0.4 is 5.32 Å². The van der Waals surface area contributed by atoms with Crippen molar-refractivity contribution in [3.63, 3.8) is 0 Å². The summed E-state index contributed by atoms with van der Waals surface area (Å²) in [7, 11) is 0. The summed E-state index contributed by atoms with van der Waals surface area (Å²) in [5.74, 6) is -2.38. The van der Waals surface area contributed by atoms with Gasteiger partial charge in [-0.3, -0.25) is 4.79 Å². The van der Waals surface area contributed by atoms with E-state index >= 15 is 0 Å². The van der Waals surface area contributed by atoms with Crippen LogP contribution in [0.25, 0.3) is 5.65 Å². The number of amides is 1. The quantitative estimate of drug-likeness (QED) is 0.462. The van der Waals surface area contributed by atoms with Crippen molar-refractivity contribution < 1.29 is 37.0 Å². The van der Waals surface area contributed by atoms with Gasteiger partial charge < -0.3 is 14.8 Å². The van der Waals surface area contributed by atoms with Gasteiger partial charge in [0, 0.05) is 11.6 Å². The number of esters is 2. The smallest absolute Gasteiger partial charge is 0.433 e. The van der Waals surface area contributed by atoms with Crippen LogP contribution >= 0.6 is 11.3 Å². The maximum atomic E-state index is 13.7. The number of nitrogens with zero attached hydrogens (tertiary/aromatic N) is 3. The lowest BCUT2D eigenvalue weighted by molar-refractivity contribution is -0.142. The standard InChI is InChI=1S/C22H21F3N4O5S/c1-4-33-20(31)15-10(3)16(21(32)34-5-2)35-19(15)28-18(30)12-9-26-29-14(22(23,24)25)8-13(11-6-7-11)27-17(12)29/h8-9,11H,4-7H2,1-3H3,(H,28,30). The Morgan fingerprint density at radius 2 is 1.83 bits per heavy atom. The van der Waals surface area contributed by atoms with Gasteiger partial charge in [0.2, 0.25) is 0 Å². The Morgan fingerprint density at radius 1 is 1.17 bits per heavy atom. The van der Waals surface area contributed by atoms with Gasteiger partial charge in [-0.05, 0) is 45.2 Å². The van der Waals surface area contributed by atoms with Crippen LogP contribution in [0.1, 0.15) is 79.9 Å². The summed E-state index contributed by atoms with van der Waals surface area (Å²) in [5.41, 5.74) is -1.04. The number of carbonyl (C=O) groups excluding carboxylic acids is 3. The Balaban J connectivity index is 1.76. The van der Waals surface area contributed by atoms with Crippen molar-refractivity contribution >= 4 is 39.8 Å². The van der Waals surface area contributed by atoms with Crippen molar-refractivity contribution in [2.24, 2.45) is 0 Å². The van der Waals surface area contributed by atoms with Gasteiger partial charge in [0.25, 0.3) is 5.91 Å². The fourth-order valence-corrected chi connectivity index (χ4v) is 4.63. The second-order valence-electron chi connectivity index (χ2n) is 7.79. The molecule has 0 unspecified atom stereocenters. The molecule has 0 radical (unpaired) electrons. The largest absolute Gasteiger partial charge is 0.462 e. The van der Waals surface area contributed by atoms with Crippen molar-refractivity contribution in [2.75, 3.05) is 18.5 Å². The van der Waals surface area contributed by atoms with Gasteiger partial charge in [-0.2, -0.15) is 18.3 Å². The molecule has 1 N–H and O–H groups in total. The van der Waals surface area contributed by atoms with Crippen molar-refractivity contribution in [2.45, 2.75) is 45.7 Å². The average Bonchev–Trinajstić information content (AvgIpc) is 3.46. The molecule has 35 heavy (non-hydrogen) atoms. The number of carbonyl (C=O) groups is 3. The molecule has 1 aliphatic rings. The number of aromatic nitrogens is 3. The van der Waals surface area contributed by atoms with Crippen LogP contribution in [0.5, 0.6) is 0 Å². The highest BCUT2D eigenvalue weighted by molar-refractivity contribution is 7.18. The maximum Gasteiger partial charge on any atom is 0.433 e. The number of hydrogen-bond donors (Lipinski definition) is 1. The summed E-state index contributed by atoms with van der Waals surface area (Å²) < 4.78 is 51.6. The number of nitrogens with one attached hydrogen (secondary N) is 1. The van der Waals surface area contributed by atoms with Crippen molar-refractivity contribution in [3.05, 3.63) is 45.2 Å². The van der Waals surface area contributed by atoms with Gasteiger partial charge in [0.05, 0.1) is 25.0 Å². The van der Waals surface area contributed by atoms with Crippen LogP contribution in [0.2, 0.25) is 0 Å². The van der Waals surface area contributed by atoms with Gasteiger partial charge in [-0.1, -0.05) is 0 Å². The van der Waals surface area contributed by atoms with Crippen LogP contribution in [0.3, 0.4) is 0 Å². The Labute approximate surface area is 201 Å². The van der Waals surface area contributed by atoms with E-state index in [1.54, 1.807) is 13.8 Å². The molecular formula is C22H21F3N4O5S. The third-order valence-electron chi connectivity index (χ3n) is 5.34. The number of fused-ring (bicyclic) bond motifs is 1. The Hall–Kier alpha value is -3.48. The summed E-state index contributed by atoms with van der Waals surface area (Å²) >= 11 is 0.810. The van der Waals surface area contributed by atoms with Gasteiger partial charge in [0.1, 0.15) is 21.1 Å². The Bertz CT molecular complexity index is 1330. The average molecular weight is 510 g/mol. The van der Waals surface area contributed by atoms with Crippen LogP contribution in [0.4, 0.5) is 18.2 Å². The van der Waals surface area contributed by atoms with E-state index in [1.165, 1.54) is 6.92 Å². The first kappa shape index (κ1) is 24.6. The third-order valence-corrected chi connectivity index (χ3v) is 6.52. The first-order chi connectivity index (χ1) is 16.6. The maximum absolute atomic E-state index is 13.7. The van der Waals surface area contributed by atoms with Gasteiger partial charge in [-0.15, -0.1) is 11.3 Å². The monoisotopic (exact) mass is 510 g/mol. The zero-order valence-corrected chi connectivity index (χ0v) is 19.8. The summed E-state index contributed by atoms with van der Waals surface area (Å²) in [4.78, 5) is 42.4. The number of rotatable bonds is 7. The molecule has 1 fully saturated rings. The summed E-state index contributed by atoms with van der Waals surface area (Å²) in [5, 5.41) is 6.27. The normalized spacial score (nSPS) is 13.7. The van der Waals surface area contributed by atoms with E-state index in [2.05, 4.69) is 15.4 Å². The van der Waals surface area contributed by atoms with Crippen LogP contribution in [-0.4, -0.2) is 45.7 Å². The predicted molar refractivity (Wildman–Crippen MR) is 119 cm³/mol. The Kier molecular flexibility index (Phi) is 6.54. The highest BCUT2D eigenvalue weighted by Crippen LogP contribution is 2.41. The zero-order valence-electron chi connectivity index (χ0n) is 19.0. The molecule has 3 aromatic rings. The molecule has 0 aromatic carbocycles. The summed E-state index contributed by atoms with van der Waals surface area (Å²) in [6.45, 7) is 4.90. The fraction of sp³-hybridized carbons (Fsp3) is 0.409. The number of ether oxygens (including phenoxy) is 2. The van der Waals surface area contributed by atoms with E-state index in [4.69, 9.17) is 9.47 Å². The van der Waals surface area contributed by atoms with Gasteiger partial charge in [0.15, 0.2) is 5.65 Å². The molecule has 4 rings (SSSR count). The highest BCUT2D eigenvalue weighted by atomic mass is 32.1. The Morgan fingerprint density at radius 3 is 2.43 bits per heavy atom. The lowest BCUT2D eigenvalue weighted by Gasteiger charge is -2.11. The van der Waals surface area contributed by atoms with Gasteiger partial charge in [-0.25, -0.2) is 19.1 Å². The molecular weight excluding hydrogens is 489 g/mol. The fourth-order valence-electron chi connectivity index (χ4n) is 3.54. The molecule has 1 amide bonds. The molecule has 0 bridgehead atoms. The molecule has 0 aliphatic heterocycles. The second-order valence-corrected chi connectivity index (χ2v) is 8.81. The second kappa shape index (κ2) is 9.29. The number of thiophene rings is 1. The van der Waals surface area contributed by atoms with E-state index < -0.39 is 29.7 Å². The molecule has 1 saturated carbocycles. The lowest BCUT2D eigenvalue weighted by atomic mass is 10.1. The van der Waals surface area contributed by atoms with E-state index in [9.17, 15) is 27.6 Å².